The van der Waals surface area contributed by atoms with Crippen molar-refractivity contribution in [2.45, 2.75) is 57.8 Å². The van der Waals surface area contributed by atoms with Crippen LogP contribution in [0.1, 0.15) is 40.0 Å². The Morgan fingerprint density at radius 3 is 2.26 bits per heavy atom. The zero-order valence-corrected chi connectivity index (χ0v) is 13.3. The van der Waals surface area contributed by atoms with E-state index in [0.717, 1.165) is 4.90 Å². The molecule has 2 aliphatic rings. The van der Waals surface area contributed by atoms with Gasteiger partial charge in [-0.25, -0.2) is 9.59 Å². The summed E-state index contributed by atoms with van der Waals surface area (Å²) in [5, 5.41) is 10.1. The van der Waals surface area contributed by atoms with Crippen molar-refractivity contribution in [2.24, 2.45) is 0 Å². The average molecular weight is 328 g/mol. The number of aliphatic hydroxyl groups is 1. The number of ether oxygens (including phenoxy) is 1. The fourth-order valence-corrected chi connectivity index (χ4v) is 2.37. The van der Waals surface area contributed by atoms with Crippen LogP contribution in [-0.2, 0) is 24.0 Å². The van der Waals surface area contributed by atoms with Crippen molar-refractivity contribution in [3.8, 4) is 0 Å². The van der Waals surface area contributed by atoms with Gasteiger partial charge in [-0.2, -0.15) is 0 Å². The number of nitrogens with zero attached hydrogens (tertiary/aromatic N) is 2. The van der Waals surface area contributed by atoms with Gasteiger partial charge in [0.05, 0.1) is 12.6 Å². The van der Waals surface area contributed by atoms with E-state index in [1.54, 1.807) is 20.8 Å². The molecule has 9 heteroatoms. The number of imide groups is 1. The molecule has 0 aliphatic carbocycles. The lowest BCUT2D eigenvalue weighted by Gasteiger charge is -2.27. The molecule has 128 valence electrons. The van der Waals surface area contributed by atoms with Crippen LogP contribution in [0.5, 0.6) is 0 Å². The fraction of sp³-hybridized carbons (Fsp3) is 0.714. The Kier molecular flexibility index (Phi) is 4.60. The van der Waals surface area contributed by atoms with Crippen LogP contribution in [0.3, 0.4) is 0 Å². The molecule has 0 spiro atoms. The van der Waals surface area contributed by atoms with Crippen molar-refractivity contribution in [2.75, 3.05) is 6.54 Å². The number of hydrogen-bond acceptors (Lipinski definition) is 7. The molecular weight excluding hydrogens is 308 g/mol. The van der Waals surface area contributed by atoms with Gasteiger partial charge in [0.25, 0.3) is 11.8 Å². The monoisotopic (exact) mass is 328 g/mol. The summed E-state index contributed by atoms with van der Waals surface area (Å²) in [6, 6.07) is -1.11. The normalized spacial score (nSPS) is 25.0. The van der Waals surface area contributed by atoms with Crippen molar-refractivity contribution in [3.63, 3.8) is 0 Å². The summed E-state index contributed by atoms with van der Waals surface area (Å²) < 4.78 is 5.18. The van der Waals surface area contributed by atoms with Gasteiger partial charge < -0.3 is 14.7 Å². The molecule has 2 aliphatic heterocycles. The average Bonchev–Trinajstić information content (AvgIpc) is 2.94. The largest absolute Gasteiger partial charge is 0.444 e. The Morgan fingerprint density at radius 2 is 1.74 bits per heavy atom. The number of hydrogen-bond donors (Lipinski definition) is 1. The summed E-state index contributed by atoms with van der Waals surface area (Å²) in [4.78, 5) is 53.1. The first kappa shape index (κ1) is 17.2. The maximum atomic E-state index is 12.2. The third-order valence-corrected chi connectivity index (χ3v) is 3.37. The standard InChI is InChI=1S/C14H20N2O7/c1-14(2,3)22-13(21)15-7-8(17)6-9(15)12(20)23-16-10(18)4-5-11(16)19/h8-9,17H,4-7H2,1-3H3/t8-,9-/m1/s1. The molecule has 2 atom stereocenters. The van der Waals surface area contributed by atoms with Crippen LogP contribution in [0.2, 0.25) is 0 Å². The van der Waals surface area contributed by atoms with Crippen molar-refractivity contribution < 1.29 is 33.9 Å². The molecule has 2 rings (SSSR count). The molecule has 23 heavy (non-hydrogen) atoms. The third-order valence-electron chi connectivity index (χ3n) is 3.37. The summed E-state index contributed by atoms with van der Waals surface area (Å²) in [6.45, 7) is 4.93. The summed E-state index contributed by atoms with van der Waals surface area (Å²) in [5.41, 5.74) is -0.764. The Bertz CT molecular complexity index is 524. The minimum Gasteiger partial charge on any atom is -0.444 e. The highest BCUT2D eigenvalue weighted by atomic mass is 16.7. The van der Waals surface area contributed by atoms with Gasteiger partial charge in [-0.05, 0) is 20.8 Å². The van der Waals surface area contributed by atoms with E-state index in [-0.39, 0.29) is 25.8 Å². The van der Waals surface area contributed by atoms with Crippen LogP contribution in [0, 0.1) is 0 Å². The third kappa shape index (κ3) is 3.98. The number of β-amino-alcohol motifs (C(OH)–C–C–N with tert-alkyl or cyclic N) is 1. The SMILES string of the molecule is CC(C)(C)OC(=O)N1C[C@H](O)C[C@@H]1C(=O)ON1C(=O)CCC1=O. The first-order chi connectivity index (χ1) is 10.6. The van der Waals surface area contributed by atoms with E-state index in [0.29, 0.717) is 5.06 Å². The van der Waals surface area contributed by atoms with Crippen molar-refractivity contribution in [3.05, 3.63) is 0 Å². The molecule has 0 bridgehead atoms. The van der Waals surface area contributed by atoms with E-state index < -0.39 is 41.6 Å². The van der Waals surface area contributed by atoms with Crippen LogP contribution in [0.4, 0.5) is 4.79 Å². The molecule has 0 aromatic carbocycles. The van der Waals surface area contributed by atoms with Crippen LogP contribution < -0.4 is 0 Å². The van der Waals surface area contributed by atoms with E-state index in [9.17, 15) is 24.3 Å². The lowest BCUT2D eigenvalue weighted by Crippen LogP contribution is -2.46. The Labute approximate surface area is 133 Å². The van der Waals surface area contributed by atoms with Crippen LogP contribution >= 0.6 is 0 Å². The molecule has 0 unspecified atom stereocenters. The van der Waals surface area contributed by atoms with Crippen LogP contribution in [0.15, 0.2) is 0 Å². The van der Waals surface area contributed by atoms with E-state index in [2.05, 4.69) is 0 Å². The quantitative estimate of drug-likeness (QED) is 0.708. The summed E-state index contributed by atoms with van der Waals surface area (Å²) in [7, 11) is 0. The first-order valence-corrected chi connectivity index (χ1v) is 7.34. The second-order valence-electron chi connectivity index (χ2n) is 6.53. The molecule has 9 nitrogen and oxygen atoms in total. The van der Waals surface area contributed by atoms with Crippen LogP contribution in [-0.4, -0.2) is 63.2 Å². The molecule has 3 amide bonds. The number of hydroxylamine groups is 2. The smallest absolute Gasteiger partial charge is 0.411 e. The molecular formula is C14H20N2O7. The fourth-order valence-electron chi connectivity index (χ4n) is 2.37. The zero-order valence-electron chi connectivity index (χ0n) is 13.3. The lowest BCUT2D eigenvalue weighted by atomic mass is 10.2. The van der Waals surface area contributed by atoms with Gasteiger partial charge in [-0.15, -0.1) is 5.06 Å². The minimum absolute atomic E-state index is 0.0187. The zero-order chi connectivity index (χ0) is 17.4. The van der Waals surface area contributed by atoms with Crippen LogP contribution in [0.25, 0.3) is 0 Å². The molecule has 0 aromatic rings. The summed E-state index contributed by atoms with van der Waals surface area (Å²) in [6.07, 6.45) is -1.77. The number of aliphatic hydroxyl groups excluding tert-OH is 1. The van der Waals surface area contributed by atoms with E-state index in [1.165, 1.54) is 0 Å². The van der Waals surface area contributed by atoms with Gasteiger partial charge in [-0.1, -0.05) is 0 Å². The van der Waals surface area contributed by atoms with E-state index in [1.807, 2.05) is 0 Å². The highest BCUT2D eigenvalue weighted by Gasteiger charge is 2.44. The van der Waals surface area contributed by atoms with Crippen molar-refractivity contribution in [1.29, 1.82) is 0 Å². The number of carbonyl (C=O) groups excluding carboxylic acids is 4. The van der Waals surface area contributed by atoms with Gasteiger partial charge in [0, 0.05) is 19.3 Å². The number of amides is 3. The van der Waals surface area contributed by atoms with Crippen molar-refractivity contribution in [1.82, 2.24) is 9.96 Å². The number of rotatable bonds is 2. The molecule has 0 radical (unpaired) electrons. The molecule has 2 fully saturated rings. The topological polar surface area (TPSA) is 113 Å². The molecule has 0 aromatic heterocycles. The minimum atomic E-state index is -1.11. The predicted octanol–water partition coefficient (Wildman–Crippen LogP) is -0.0361. The highest BCUT2D eigenvalue weighted by molar-refractivity contribution is 6.01. The number of likely N-dealkylation sites (tertiary alicyclic amines) is 1. The Morgan fingerprint density at radius 1 is 1.17 bits per heavy atom. The Hall–Kier alpha value is -2.16. The molecule has 1 N–H and O–H groups in total. The summed E-state index contributed by atoms with van der Waals surface area (Å²) >= 11 is 0. The maximum absolute atomic E-state index is 12.2. The van der Waals surface area contributed by atoms with Gasteiger partial charge in [0.1, 0.15) is 11.6 Å². The second kappa shape index (κ2) is 6.15. The van der Waals surface area contributed by atoms with Gasteiger partial charge >= 0.3 is 12.1 Å². The van der Waals surface area contributed by atoms with E-state index >= 15 is 0 Å². The maximum Gasteiger partial charge on any atom is 0.411 e. The highest BCUT2D eigenvalue weighted by Crippen LogP contribution is 2.23. The van der Waals surface area contributed by atoms with Gasteiger partial charge in [-0.3, -0.25) is 14.5 Å². The molecule has 0 saturated carbocycles. The summed E-state index contributed by atoms with van der Waals surface area (Å²) in [5.74, 6) is -2.16. The first-order valence-electron chi connectivity index (χ1n) is 7.34. The molecule has 2 heterocycles. The van der Waals surface area contributed by atoms with Crippen molar-refractivity contribution >= 4 is 23.9 Å². The van der Waals surface area contributed by atoms with Gasteiger partial charge in [0.2, 0.25) is 0 Å². The number of carbonyl (C=O) groups is 4. The Balaban J connectivity index is 2.06. The predicted molar refractivity (Wildman–Crippen MR) is 74.5 cm³/mol. The molecule has 2 saturated heterocycles. The van der Waals surface area contributed by atoms with Gasteiger partial charge in [0.15, 0.2) is 0 Å². The second-order valence-corrected chi connectivity index (χ2v) is 6.53. The lowest BCUT2D eigenvalue weighted by molar-refractivity contribution is -0.200. The van der Waals surface area contributed by atoms with E-state index in [4.69, 9.17) is 9.57 Å².